The largest absolute Gasteiger partial charge is 0.294 e. The maximum atomic E-state index is 5.93. The zero-order chi connectivity index (χ0) is 9.97. The van der Waals surface area contributed by atoms with Crippen molar-refractivity contribution < 1.29 is 0 Å². The first-order valence-electron chi connectivity index (χ1n) is 4.14. The highest BCUT2D eigenvalue weighted by Crippen LogP contribution is 2.24. The fraction of sp³-hybridized carbons (Fsp3) is 0.100. The highest BCUT2D eigenvalue weighted by atomic mass is 35.5. The van der Waals surface area contributed by atoms with Gasteiger partial charge in [0.15, 0.2) is 0 Å². The van der Waals surface area contributed by atoms with E-state index in [1.54, 1.807) is 18.0 Å². The minimum Gasteiger partial charge on any atom is -0.294 e. The smallest absolute Gasteiger partial charge is 0.137 e. The van der Waals surface area contributed by atoms with Crippen LogP contribution in [0.1, 0.15) is 0 Å². The van der Waals surface area contributed by atoms with Gasteiger partial charge in [-0.05, 0) is 24.5 Å². The summed E-state index contributed by atoms with van der Waals surface area (Å²) in [6.45, 7) is 0. The van der Waals surface area contributed by atoms with Gasteiger partial charge in [-0.3, -0.25) is 4.57 Å². The van der Waals surface area contributed by atoms with Crippen LogP contribution in [0, 0.1) is 0 Å². The molecule has 14 heavy (non-hydrogen) atoms. The molecule has 0 aliphatic rings. The summed E-state index contributed by atoms with van der Waals surface area (Å²) >= 11 is 7.58. The van der Waals surface area contributed by atoms with Gasteiger partial charge in [0.1, 0.15) is 5.82 Å². The third-order valence-corrected chi connectivity index (χ3v) is 2.80. The lowest BCUT2D eigenvalue weighted by Gasteiger charge is -2.04. The molecule has 0 bridgehead atoms. The van der Waals surface area contributed by atoms with Crippen molar-refractivity contribution in [3.63, 3.8) is 0 Å². The van der Waals surface area contributed by atoms with Crippen LogP contribution >= 0.6 is 23.4 Å². The van der Waals surface area contributed by atoms with Crippen molar-refractivity contribution >= 4 is 23.4 Å². The number of hydrogen-bond acceptors (Lipinski definition) is 2. The molecule has 4 heteroatoms. The summed E-state index contributed by atoms with van der Waals surface area (Å²) in [7, 11) is 0. The van der Waals surface area contributed by atoms with Gasteiger partial charge in [-0.2, -0.15) is 0 Å². The number of nitrogens with zero attached hydrogens (tertiary/aromatic N) is 2. The number of thioether (sulfide) groups is 1. The van der Waals surface area contributed by atoms with Crippen molar-refractivity contribution in [3.8, 4) is 5.82 Å². The zero-order valence-corrected chi connectivity index (χ0v) is 9.22. The fourth-order valence-corrected chi connectivity index (χ4v) is 2.10. The standard InChI is InChI=1S/C10H9ClN2S/c1-14-10-6-8(11)7-13(10)9-4-2-3-5-12-9/h2-7H,1H3. The molecule has 2 nitrogen and oxygen atoms in total. The molecule has 0 fully saturated rings. The van der Waals surface area contributed by atoms with Gasteiger partial charge in [0, 0.05) is 12.4 Å². The van der Waals surface area contributed by atoms with Gasteiger partial charge in [-0.1, -0.05) is 17.7 Å². The van der Waals surface area contributed by atoms with Crippen molar-refractivity contribution in [1.29, 1.82) is 0 Å². The number of aromatic nitrogens is 2. The third kappa shape index (κ3) is 1.79. The second kappa shape index (κ2) is 4.07. The van der Waals surface area contributed by atoms with Crippen LogP contribution in [0.3, 0.4) is 0 Å². The van der Waals surface area contributed by atoms with Gasteiger partial charge in [0.05, 0.1) is 10.0 Å². The summed E-state index contributed by atoms with van der Waals surface area (Å²) < 4.78 is 1.98. The lowest BCUT2D eigenvalue weighted by Crippen LogP contribution is -1.95. The van der Waals surface area contributed by atoms with Gasteiger partial charge in [-0.15, -0.1) is 11.8 Å². The van der Waals surface area contributed by atoms with Crippen LogP contribution in [0.4, 0.5) is 0 Å². The van der Waals surface area contributed by atoms with Gasteiger partial charge in [0.2, 0.25) is 0 Å². The predicted octanol–water partition coefficient (Wildman–Crippen LogP) is 3.25. The molecule has 0 spiro atoms. The van der Waals surface area contributed by atoms with Gasteiger partial charge in [-0.25, -0.2) is 4.98 Å². The summed E-state index contributed by atoms with van der Waals surface area (Å²) in [5.41, 5.74) is 0. The Bertz CT molecular complexity index is 425. The van der Waals surface area contributed by atoms with Crippen LogP contribution in [-0.2, 0) is 0 Å². The molecule has 0 saturated heterocycles. The normalized spacial score (nSPS) is 10.4. The Kier molecular flexibility index (Phi) is 2.79. The second-order valence-corrected chi connectivity index (χ2v) is 4.02. The van der Waals surface area contributed by atoms with E-state index in [0.29, 0.717) is 0 Å². The molecular weight excluding hydrogens is 216 g/mol. The van der Waals surface area contributed by atoms with E-state index in [4.69, 9.17) is 11.6 Å². The lowest BCUT2D eigenvalue weighted by atomic mass is 10.5. The van der Waals surface area contributed by atoms with E-state index in [1.165, 1.54) is 0 Å². The molecule has 0 N–H and O–H groups in total. The molecule has 72 valence electrons. The lowest BCUT2D eigenvalue weighted by molar-refractivity contribution is 0.913. The van der Waals surface area contributed by atoms with Crippen LogP contribution in [0.25, 0.3) is 5.82 Å². The first-order chi connectivity index (χ1) is 6.81. The first-order valence-corrected chi connectivity index (χ1v) is 5.75. The second-order valence-electron chi connectivity index (χ2n) is 2.76. The summed E-state index contributed by atoms with van der Waals surface area (Å²) in [6, 6.07) is 7.74. The van der Waals surface area contributed by atoms with Crippen molar-refractivity contribution in [1.82, 2.24) is 9.55 Å². The number of rotatable bonds is 2. The Morgan fingerprint density at radius 1 is 1.43 bits per heavy atom. The minimum absolute atomic E-state index is 0.736. The Morgan fingerprint density at radius 2 is 2.29 bits per heavy atom. The topological polar surface area (TPSA) is 17.8 Å². The van der Waals surface area contributed by atoms with E-state index in [1.807, 2.05) is 41.3 Å². The van der Waals surface area contributed by atoms with E-state index < -0.39 is 0 Å². The highest BCUT2D eigenvalue weighted by Gasteiger charge is 2.05. The summed E-state index contributed by atoms with van der Waals surface area (Å²) in [6.07, 6.45) is 5.66. The van der Waals surface area contributed by atoms with Crippen molar-refractivity contribution in [2.75, 3.05) is 6.26 Å². The molecule has 0 radical (unpaired) electrons. The van der Waals surface area contributed by atoms with E-state index in [2.05, 4.69) is 4.98 Å². The van der Waals surface area contributed by atoms with Crippen LogP contribution in [-0.4, -0.2) is 15.8 Å². The predicted molar refractivity (Wildman–Crippen MR) is 60.4 cm³/mol. The van der Waals surface area contributed by atoms with E-state index >= 15 is 0 Å². The van der Waals surface area contributed by atoms with E-state index in [0.717, 1.165) is 15.9 Å². The molecule has 2 heterocycles. The molecule has 0 unspecified atom stereocenters. The molecule has 0 aliphatic carbocycles. The summed E-state index contributed by atoms with van der Waals surface area (Å²) in [5.74, 6) is 0.892. The minimum atomic E-state index is 0.736. The van der Waals surface area contributed by atoms with Crippen LogP contribution in [0.5, 0.6) is 0 Å². The summed E-state index contributed by atoms with van der Waals surface area (Å²) in [4.78, 5) is 4.26. The fourth-order valence-electron chi connectivity index (χ4n) is 1.24. The Morgan fingerprint density at radius 3 is 2.93 bits per heavy atom. The van der Waals surface area contributed by atoms with Gasteiger partial charge >= 0.3 is 0 Å². The molecule has 0 aliphatic heterocycles. The number of halogens is 1. The molecular formula is C10H9ClN2S. The molecule has 0 atom stereocenters. The Labute approximate surface area is 91.9 Å². The quantitative estimate of drug-likeness (QED) is 0.729. The third-order valence-electron chi connectivity index (χ3n) is 1.86. The summed E-state index contributed by atoms with van der Waals surface area (Å²) in [5, 5.41) is 1.83. The van der Waals surface area contributed by atoms with E-state index in [9.17, 15) is 0 Å². The maximum Gasteiger partial charge on any atom is 0.137 e. The first kappa shape index (κ1) is 9.62. The van der Waals surface area contributed by atoms with Crippen molar-refractivity contribution in [2.24, 2.45) is 0 Å². The Balaban J connectivity index is 2.51. The molecule has 2 aromatic rings. The monoisotopic (exact) mass is 224 g/mol. The SMILES string of the molecule is CSc1cc(Cl)cn1-c1ccccn1. The number of pyridine rings is 1. The zero-order valence-electron chi connectivity index (χ0n) is 7.64. The van der Waals surface area contributed by atoms with Crippen molar-refractivity contribution in [3.05, 3.63) is 41.7 Å². The van der Waals surface area contributed by atoms with Crippen LogP contribution in [0.2, 0.25) is 5.02 Å². The average molecular weight is 225 g/mol. The molecule has 2 rings (SSSR count). The highest BCUT2D eigenvalue weighted by molar-refractivity contribution is 7.98. The van der Waals surface area contributed by atoms with Gasteiger partial charge < -0.3 is 0 Å². The van der Waals surface area contributed by atoms with E-state index in [-0.39, 0.29) is 0 Å². The number of hydrogen-bond donors (Lipinski definition) is 0. The molecule has 0 amide bonds. The average Bonchev–Trinajstić information content (AvgIpc) is 2.61. The Hall–Kier alpha value is -0.930. The van der Waals surface area contributed by atoms with Gasteiger partial charge in [0.25, 0.3) is 0 Å². The van der Waals surface area contributed by atoms with Crippen molar-refractivity contribution in [2.45, 2.75) is 5.03 Å². The van der Waals surface area contributed by atoms with Crippen LogP contribution in [0.15, 0.2) is 41.7 Å². The molecule has 0 aromatic carbocycles. The molecule has 0 saturated carbocycles. The molecule has 2 aromatic heterocycles. The van der Waals surface area contributed by atoms with Crippen LogP contribution < -0.4 is 0 Å². The maximum absolute atomic E-state index is 5.93.